The van der Waals surface area contributed by atoms with Crippen LogP contribution in [0.5, 0.6) is 11.6 Å². The zero-order valence-corrected chi connectivity index (χ0v) is 13.6. The number of hydrogen-bond acceptors (Lipinski definition) is 6. The molecule has 1 heterocycles. The van der Waals surface area contributed by atoms with Crippen molar-refractivity contribution in [3.8, 4) is 11.6 Å². The second kappa shape index (κ2) is 7.76. The van der Waals surface area contributed by atoms with Gasteiger partial charge in [0.1, 0.15) is 22.9 Å². The molecule has 0 bridgehead atoms. The maximum absolute atomic E-state index is 12.0. The maximum atomic E-state index is 12.0. The fourth-order valence-electron chi connectivity index (χ4n) is 1.70. The fraction of sp³-hybridized carbons (Fsp3) is 0.0667. The lowest BCUT2D eigenvalue weighted by molar-refractivity contribution is -0.385. The van der Waals surface area contributed by atoms with E-state index in [1.165, 1.54) is 30.5 Å². The minimum absolute atomic E-state index is 0.00317. The van der Waals surface area contributed by atoms with E-state index in [1.54, 1.807) is 0 Å². The quantitative estimate of drug-likeness (QED) is 0.324. The number of benzene rings is 1. The molecule has 0 unspecified atom stereocenters. The standard InChI is InChI=1S/C15H10Cl2N2O5/c1-2-7-23-15(20)10-8-9(3-4-12(10)19(21)22)24-14-13(17)11(16)5-6-18-14/h2-6,8H,1,7H2. The van der Waals surface area contributed by atoms with Gasteiger partial charge in [0.2, 0.25) is 5.88 Å². The van der Waals surface area contributed by atoms with Crippen LogP contribution in [0, 0.1) is 10.1 Å². The Balaban J connectivity index is 2.38. The van der Waals surface area contributed by atoms with Gasteiger partial charge >= 0.3 is 5.97 Å². The monoisotopic (exact) mass is 368 g/mol. The van der Waals surface area contributed by atoms with Gasteiger partial charge in [-0.2, -0.15) is 0 Å². The van der Waals surface area contributed by atoms with Gasteiger partial charge in [0.25, 0.3) is 5.69 Å². The van der Waals surface area contributed by atoms with Crippen molar-refractivity contribution in [2.24, 2.45) is 0 Å². The summed E-state index contributed by atoms with van der Waals surface area (Å²) in [5.74, 6) is -0.761. The highest BCUT2D eigenvalue weighted by atomic mass is 35.5. The van der Waals surface area contributed by atoms with E-state index in [9.17, 15) is 14.9 Å². The Hall–Kier alpha value is -2.64. The molecule has 0 aliphatic rings. The summed E-state index contributed by atoms with van der Waals surface area (Å²) in [6, 6.07) is 5.08. The number of aromatic nitrogens is 1. The SMILES string of the molecule is C=CCOC(=O)c1cc(Oc2nccc(Cl)c2Cl)ccc1[N+](=O)[O-]. The number of nitrogens with zero attached hydrogens (tertiary/aromatic N) is 2. The predicted octanol–water partition coefficient (Wildman–Crippen LogP) is 4.43. The van der Waals surface area contributed by atoms with Crippen LogP contribution in [0.4, 0.5) is 5.69 Å². The molecule has 0 saturated carbocycles. The number of carbonyl (C=O) groups is 1. The number of nitro groups is 1. The van der Waals surface area contributed by atoms with Crippen LogP contribution >= 0.6 is 23.2 Å². The molecule has 124 valence electrons. The van der Waals surface area contributed by atoms with Crippen LogP contribution < -0.4 is 4.74 Å². The molecule has 9 heteroatoms. The van der Waals surface area contributed by atoms with Gasteiger partial charge in [-0.05, 0) is 12.1 Å². The number of halogens is 2. The Kier molecular flexibility index (Phi) is 5.73. The zero-order chi connectivity index (χ0) is 17.7. The molecule has 0 radical (unpaired) electrons. The molecular weight excluding hydrogens is 359 g/mol. The van der Waals surface area contributed by atoms with E-state index in [2.05, 4.69) is 11.6 Å². The number of ether oxygens (including phenoxy) is 2. The van der Waals surface area contributed by atoms with Crippen LogP contribution in [0.1, 0.15) is 10.4 Å². The first-order chi connectivity index (χ1) is 11.4. The normalized spacial score (nSPS) is 10.1. The highest BCUT2D eigenvalue weighted by Crippen LogP contribution is 2.34. The third kappa shape index (κ3) is 4.01. The van der Waals surface area contributed by atoms with Crippen LogP contribution in [0.25, 0.3) is 0 Å². The molecule has 0 saturated heterocycles. The number of esters is 1. The fourth-order valence-corrected chi connectivity index (χ4v) is 1.99. The largest absolute Gasteiger partial charge is 0.458 e. The molecule has 24 heavy (non-hydrogen) atoms. The summed E-state index contributed by atoms with van der Waals surface area (Å²) in [6.07, 6.45) is 2.73. The Bertz CT molecular complexity index is 810. The summed E-state index contributed by atoms with van der Waals surface area (Å²) in [4.78, 5) is 26.2. The summed E-state index contributed by atoms with van der Waals surface area (Å²) in [6.45, 7) is 3.32. The van der Waals surface area contributed by atoms with Crippen LogP contribution in [-0.4, -0.2) is 22.5 Å². The van der Waals surface area contributed by atoms with Crippen molar-refractivity contribution in [3.63, 3.8) is 0 Å². The van der Waals surface area contributed by atoms with Gasteiger partial charge in [0.05, 0.1) is 9.95 Å². The number of rotatable bonds is 6. The van der Waals surface area contributed by atoms with Crippen LogP contribution in [0.2, 0.25) is 10.0 Å². The predicted molar refractivity (Wildman–Crippen MR) is 87.9 cm³/mol. The average molecular weight is 369 g/mol. The number of nitro benzene ring substituents is 1. The second-order valence-corrected chi connectivity index (χ2v) is 5.12. The van der Waals surface area contributed by atoms with Gasteiger partial charge in [-0.3, -0.25) is 10.1 Å². The van der Waals surface area contributed by atoms with E-state index < -0.39 is 16.6 Å². The summed E-state index contributed by atoms with van der Waals surface area (Å²) >= 11 is 11.8. The van der Waals surface area contributed by atoms with Gasteiger partial charge in [-0.1, -0.05) is 35.9 Å². The van der Waals surface area contributed by atoms with Crippen molar-refractivity contribution in [1.82, 2.24) is 4.98 Å². The summed E-state index contributed by atoms with van der Waals surface area (Å²) < 4.78 is 10.3. The molecule has 0 atom stereocenters. The van der Waals surface area contributed by atoms with Crippen molar-refractivity contribution in [2.45, 2.75) is 0 Å². The maximum Gasteiger partial charge on any atom is 0.345 e. The van der Waals surface area contributed by atoms with E-state index in [-0.39, 0.29) is 33.8 Å². The van der Waals surface area contributed by atoms with Crippen molar-refractivity contribution < 1.29 is 19.2 Å². The van der Waals surface area contributed by atoms with Crippen LogP contribution in [0.3, 0.4) is 0 Å². The van der Waals surface area contributed by atoms with E-state index in [1.807, 2.05) is 0 Å². The van der Waals surface area contributed by atoms with Crippen molar-refractivity contribution >= 4 is 34.9 Å². The topological polar surface area (TPSA) is 91.6 Å². The van der Waals surface area contributed by atoms with E-state index >= 15 is 0 Å². The molecular formula is C15H10Cl2N2O5. The number of carbonyl (C=O) groups excluding carboxylic acids is 1. The van der Waals surface area contributed by atoms with Crippen LogP contribution in [-0.2, 0) is 4.74 Å². The molecule has 0 N–H and O–H groups in total. The highest BCUT2D eigenvalue weighted by molar-refractivity contribution is 6.42. The summed E-state index contributed by atoms with van der Waals surface area (Å²) in [5.41, 5.74) is -0.681. The van der Waals surface area contributed by atoms with Gasteiger partial charge < -0.3 is 9.47 Å². The summed E-state index contributed by atoms with van der Waals surface area (Å²) in [7, 11) is 0. The molecule has 0 fully saturated rings. The minimum Gasteiger partial charge on any atom is -0.458 e. The van der Waals surface area contributed by atoms with Gasteiger partial charge in [-0.25, -0.2) is 9.78 Å². The number of hydrogen-bond donors (Lipinski definition) is 0. The molecule has 0 aliphatic carbocycles. The van der Waals surface area contributed by atoms with Crippen molar-refractivity contribution in [3.05, 3.63) is 68.8 Å². The molecule has 1 aromatic carbocycles. The first-order valence-electron chi connectivity index (χ1n) is 6.48. The Morgan fingerprint density at radius 2 is 2.12 bits per heavy atom. The third-order valence-electron chi connectivity index (χ3n) is 2.74. The molecule has 2 aromatic rings. The molecule has 0 amide bonds. The minimum atomic E-state index is -0.878. The van der Waals surface area contributed by atoms with Gasteiger partial charge in [0.15, 0.2) is 0 Å². The second-order valence-electron chi connectivity index (χ2n) is 4.34. The van der Waals surface area contributed by atoms with Gasteiger partial charge in [0, 0.05) is 18.3 Å². The van der Waals surface area contributed by atoms with E-state index in [0.29, 0.717) is 0 Å². The summed E-state index contributed by atoms with van der Waals surface area (Å²) in [5, 5.41) is 11.4. The van der Waals surface area contributed by atoms with Crippen molar-refractivity contribution in [1.29, 1.82) is 0 Å². The van der Waals surface area contributed by atoms with Crippen LogP contribution in [0.15, 0.2) is 43.1 Å². The Morgan fingerprint density at radius 3 is 2.79 bits per heavy atom. The first kappa shape index (κ1) is 17.7. The van der Waals surface area contributed by atoms with Crippen molar-refractivity contribution in [2.75, 3.05) is 6.61 Å². The average Bonchev–Trinajstić information content (AvgIpc) is 2.56. The van der Waals surface area contributed by atoms with Gasteiger partial charge in [-0.15, -0.1) is 0 Å². The molecule has 7 nitrogen and oxygen atoms in total. The molecule has 2 rings (SSSR count). The molecule has 1 aromatic heterocycles. The highest BCUT2D eigenvalue weighted by Gasteiger charge is 2.23. The zero-order valence-electron chi connectivity index (χ0n) is 12.1. The smallest absolute Gasteiger partial charge is 0.345 e. The first-order valence-corrected chi connectivity index (χ1v) is 7.24. The molecule has 0 aliphatic heterocycles. The lowest BCUT2D eigenvalue weighted by Crippen LogP contribution is -2.08. The van der Waals surface area contributed by atoms with E-state index in [4.69, 9.17) is 32.7 Å². The Morgan fingerprint density at radius 1 is 1.38 bits per heavy atom. The third-order valence-corrected chi connectivity index (χ3v) is 3.52. The molecule has 0 spiro atoms. The lowest BCUT2D eigenvalue weighted by Gasteiger charge is -2.09. The number of pyridine rings is 1. The lowest BCUT2D eigenvalue weighted by atomic mass is 10.1. The van der Waals surface area contributed by atoms with E-state index in [0.717, 1.165) is 6.07 Å². The Labute approximate surface area is 146 Å².